The van der Waals surface area contributed by atoms with E-state index in [1.807, 2.05) is 0 Å². The molecule has 0 saturated heterocycles. The summed E-state index contributed by atoms with van der Waals surface area (Å²) in [6.07, 6.45) is 4.52. The predicted molar refractivity (Wildman–Crippen MR) is 134 cm³/mol. The number of nitrogens with one attached hydrogen (secondary N) is 2. The summed E-state index contributed by atoms with van der Waals surface area (Å²) in [5.41, 5.74) is -0.513. The molecule has 1 aliphatic carbocycles. The first-order chi connectivity index (χ1) is 14.6. The van der Waals surface area contributed by atoms with Gasteiger partial charge in [-0.1, -0.05) is 108 Å². The zero-order chi connectivity index (χ0) is 22.7. The van der Waals surface area contributed by atoms with E-state index in [0.29, 0.717) is 0 Å². The fraction of sp³-hybridized carbons (Fsp3) is 0.519. The van der Waals surface area contributed by atoms with Crippen LogP contribution in [0.25, 0.3) is 0 Å². The average Bonchev–Trinajstić information content (AvgIpc) is 2.75. The van der Waals surface area contributed by atoms with Crippen LogP contribution in [0, 0.1) is 10.8 Å². The number of hydrogen-bond donors (Lipinski definition) is 2. The maximum Gasteiger partial charge on any atom is 0.226 e. The molecule has 0 radical (unpaired) electrons. The quantitative estimate of drug-likeness (QED) is 0.656. The molecule has 2 aromatic carbocycles. The predicted octanol–water partition coefficient (Wildman–Crippen LogP) is 4.47. The highest BCUT2D eigenvalue weighted by Crippen LogP contribution is 2.38. The van der Waals surface area contributed by atoms with Gasteiger partial charge in [-0.15, -0.1) is 0 Å². The van der Waals surface area contributed by atoms with Gasteiger partial charge in [0.1, 0.15) is 0 Å². The third kappa shape index (κ3) is 5.12. The summed E-state index contributed by atoms with van der Waals surface area (Å²) >= 11 is 0. The number of carbonyl (C=O) groups excluding carboxylic acids is 1. The Bertz CT molecular complexity index is 818. The van der Waals surface area contributed by atoms with Crippen molar-refractivity contribution in [1.29, 1.82) is 0 Å². The van der Waals surface area contributed by atoms with E-state index in [1.165, 1.54) is 23.2 Å². The van der Waals surface area contributed by atoms with E-state index >= 15 is 0 Å². The molecule has 2 N–H and O–H groups in total. The van der Waals surface area contributed by atoms with Crippen molar-refractivity contribution in [3.8, 4) is 0 Å². The van der Waals surface area contributed by atoms with E-state index in [1.54, 1.807) is 0 Å². The standard InChI is InChI=1S/C27H40N2OSi/c1-26(2,3)27(4,5)25(30)28-23-19-13-14-20-24(23)29-31(6,21-15-9-7-10-16-21)22-17-11-8-12-18-22/h7-12,15-18,23-24,29H,13-14,19-20H2,1-6H3,(H,28,30). The minimum absolute atomic E-state index is 0.0913. The van der Waals surface area contributed by atoms with Crippen LogP contribution in [0.1, 0.15) is 60.3 Å². The molecule has 1 aliphatic rings. The Labute approximate surface area is 190 Å². The highest BCUT2D eigenvalue weighted by molar-refractivity contribution is 6.99. The lowest BCUT2D eigenvalue weighted by Crippen LogP contribution is -2.72. The molecule has 31 heavy (non-hydrogen) atoms. The van der Waals surface area contributed by atoms with Gasteiger partial charge in [-0.2, -0.15) is 0 Å². The largest absolute Gasteiger partial charge is 0.351 e. The van der Waals surface area contributed by atoms with Crippen molar-refractivity contribution in [2.45, 2.75) is 78.9 Å². The first-order valence-corrected chi connectivity index (χ1v) is 14.3. The molecule has 0 aromatic heterocycles. The van der Waals surface area contributed by atoms with Crippen LogP contribution >= 0.6 is 0 Å². The maximum absolute atomic E-state index is 13.3. The fourth-order valence-corrected chi connectivity index (χ4v) is 7.88. The average molecular weight is 437 g/mol. The van der Waals surface area contributed by atoms with Crippen molar-refractivity contribution in [2.24, 2.45) is 10.8 Å². The first kappa shape index (κ1) is 23.7. The lowest BCUT2D eigenvalue weighted by atomic mass is 9.68. The van der Waals surface area contributed by atoms with E-state index in [-0.39, 0.29) is 23.4 Å². The van der Waals surface area contributed by atoms with Crippen LogP contribution in [-0.2, 0) is 4.79 Å². The van der Waals surface area contributed by atoms with Gasteiger partial charge >= 0.3 is 0 Å². The van der Waals surface area contributed by atoms with Gasteiger partial charge in [0.2, 0.25) is 5.91 Å². The van der Waals surface area contributed by atoms with Gasteiger partial charge in [-0.25, -0.2) is 0 Å². The van der Waals surface area contributed by atoms with Crippen molar-refractivity contribution in [3.05, 3.63) is 60.7 Å². The summed E-state index contributed by atoms with van der Waals surface area (Å²) in [6.45, 7) is 13.0. The molecule has 2 aromatic rings. The minimum Gasteiger partial charge on any atom is -0.351 e. The third-order valence-corrected chi connectivity index (χ3v) is 11.6. The molecule has 3 rings (SSSR count). The maximum atomic E-state index is 13.3. The first-order valence-electron chi connectivity index (χ1n) is 11.8. The second-order valence-electron chi connectivity index (χ2n) is 10.8. The van der Waals surface area contributed by atoms with Crippen molar-refractivity contribution < 1.29 is 4.79 Å². The summed E-state index contributed by atoms with van der Waals surface area (Å²) in [5.74, 6) is 0.168. The Morgan fingerprint density at radius 3 is 1.71 bits per heavy atom. The topological polar surface area (TPSA) is 41.1 Å². The van der Waals surface area contributed by atoms with Gasteiger partial charge in [0, 0.05) is 17.5 Å². The summed E-state index contributed by atoms with van der Waals surface area (Å²) in [7, 11) is -2.17. The Kier molecular flexibility index (Phi) is 7.12. The van der Waals surface area contributed by atoms with E-state index in [9.17, 15) is 4.79 Å². The van der Waals surface area contributed by atoms with Gasteiger partial charge in [-0.05, 0) is 35.2 Å². The number of benzene rings is 2. The molecular formula is C27H40N2OSi. The van der Waals surface area contributed by atoms with E-state index in [0.717, 1.165) is 12.8 Å². The summed E-state index contributed by atoms with van der Waals surface area (Å²) in [5, 5.41) is 6.22. The number of carbonyl (C=O) groups is 1. The Balaban J connectivity index is 1.88. The van der Waals surface area contributed by atoms with Crippen LogP contribution in [0.4, 0.5) is 0 Å². The van der Waals surface area contributed by atoms with Crippen LogP contribution < -0.4 is 20.7 Å². The van der Waals surface area contributed by atoms with Crippen LogP contribution in [0.2, 0.25) is 6.55 Å². The second-order valence-corrected chi connectivity index (χ2v) is 14.5. The smallest absolute Gasteiger partial charge is 0.226 e. The number of hydrogen-bond acceptors (Lipinski definition) is 2. The number of rotatable bonds is 6. The van der Waals surface area contributed by atoms with Crippen LogP contribution in [-0.4, -0.2) is 26.2 Å². The normalized spacial score (nSPS) is 20.3. The summed E-state index contributed by atoms with van der Waals surface area (Å²) < 4.78 is 0. The second kappa shape index (κ2) is 9.29. The molecule has 0 heterocycles. The monoisotopic (exact) mass is 436 g/mol. The van der Waals surface area contributed by atoms with Gasteiger partial charge in [0.25, 0.3) is 0 Å². The molecule has 0 bridgehead atoms. The van der Waals surface area contributed by atoms with Crippen LogP contribution in [0.3, 0.4) is 0 Å². The lowest BCUT2D eigenvalue weighted by Gasteiger charge is -2.43. The lowest BCUT2D eigenvalue weighted by molar-refractivity contribution is -0.136. The van der Waals surface area contributed by atoms with Crippen LogP contribution in [0.5, 0.6) is 0 Å². The van der Waals surface area contributed by atoms with Crippen molar-refractivity contribution in [3.63, 3.8) is 0 Å². The number of amides is 1. The highest BCUT2D eigenvalue weighted by atomic mass is 28.3. The molecule has 1 saturated carbocycles. The van der Waals surface area contributed by atoms with E-state index in [2.05, 4.69) is 112 Å². The van der Waals surface area contributed by atoms with Crippen molar-refractivity contribution in [1.82, 2.24) is 10.3 Å². The zero-order valence-electron chi connectivity index (χ0n) is 20.2. The molecule has 2 atom stereocenters. The van der Waals surface area contributed by atoms with Crippen molar-refractivity contribution >= 4 is 24.5 Å². The summed E-state index contributed by atoms with van der Waals surface area (Å²) in [6, 6.07) is 22.2. The molecule has 0 spiro atoms. The van der Waals surface area contributed by atoms with E-state index in [4.69, 9.17) is 0 Å². The Hall–Kier alpha value is -1.91. The summed E-state index contributed by atoms with van der Waals surface area (Å²) in [4.78, 5) is 17.4. The molecule has 2 unspecified atom stereocenters. The molecule has 4 heteroatoms. The Morgan fingerprint density at radius 1 is 0.806 bits per heavy atom. The minimum atomic E-state index is -2.17. The van der Waals surface area contributed by atoms with E-state index < -0.39 is 13.7 Å². The molecular weight excluding hydrogens is 396 g/mol. The van der Waals surface area contributed by atoms with Crippen LogP contribution in [0.15, 0.2) is 60.7 Å². The molecule has 0 aliphatic heterocycles. The zero-order valence-corrected chi connectivity index (χ0v) is 21.2. The molecule has 3 nitrogen and oxygen atoms in total. The SMILES string of the molecule is CC(C)(C)C(C)(C)C(=O)NC1CCCCC1N[Si](C)(c1ccccc1)c1ccccc1. The van der Waals surface area contributed by atoms with Crippen molar-refractivity contribution in [2.75, 3.05) is 0 Å². The highest BCUT2D eigenvalue weighted by Gasteiger charge is 2.43. The third-order valence-electron chi connectivity index (χ3n) is 7.70. The molecule has 168 valence electrons. The molecule has 1 amide bonds. The Morgan fingerprint density at radius 2 is 1.26 bits per heavy atom. The van der Waals surface area contributed by atoms with Gasteiger partial charge in [0.15, 0.2) is 8.24 Å². The van der Waals surface area contributed by atoms with Gasteiger partial charge < -0.3 is 10.3 Å². The molecule has 1 fully saturated rings. The van der Waals surface area contributed by atoms with Gasteiger partial charge in [0.05, 0.1) is 0 Å². The fourth-order valence-electron chi connectivity index (χ4n) is 4.41. The van der Waals surface area contributed by atoms with Gasteiger partial charge in [-0.3, -0.25) is 4.79 Å².